The molecule has 148 valence electrons. The summed E-state index contributed by atoms with van der Waals surface area (Å²) in [6.45, 7) is 7.04. The smallest absolute Gasteiger partial charge is 0.291 e. The third-order valence-electron chi connectivity index (χ3n) is 3.95. The van der Waals surface area contributed by atoms with Crippen LogP contribution in [0.3, 0.4) is 0 Å². The molecule has 2 aromatic carbocycles. The lowest BCUT2D eigenvalue weighted by Crippen LogP contribution is -2.40. The van der Waals surface area contributed by atoms with E-state index in [9.17, 15) is 13.2 Å². The first-order chi connectivity index (χ1) is 13.0. The van der Waals surface area contributed by atoms with Crippen LogP contribution in [-0.2, 0) is 10.0 Å². The van der Waals surface area contributed by atoms with E-state index >= 15 is 0 Å². The number of amides is 1. The number of furan rings is 1. The second kappa shape index (κ2) is 7.24. The first-order valence-corrected chi connectivity index (χ1v) is 10.5. The van der Waals surface area contributed by atoms with Crippen LogP contribution in [0.15, 0.2) is 51.8 Å². The fourth-order valence-electron chi connectivity index (χ4n) is 2.80. The minimum Gasteiger partial charge on any atom is -0.451 e. The van der Waals surface area contributed by atoms with Crippen molar-refractivity contribution in [3.8, 4) is 0 Å². The predicted octanol–water partition coefficient (Wildman–Crippen LogP) is 4.72. The van der Waals surface area contributed by atoms with Gasteiger partial charge in [0.1, 0.15) is 5.58 Å². The van der Waals surface area contributed by atoms with Crippen molar-refractivity contribution in [2.24, 2.45) is 0 Å². The average Bonchev–Trinajstić information content (AvgIpc) is 2.90. The third kappa shape index (κ3) is 4.38. The van der Waals surface area contributed by atoms with Crippen LogP contribution >= 0.6 is 11.6 Å². The van der Waals surface area contributed by atoms with E-state index in [1.165, 1.54) is 12.1 Å². The minimum atomic E-state index is -3.71. The van der Waals surface area contributed by atoms with Crippen LogP contribution in [0.1, 0.15) is 36.9 Å². The summed E-state index contributed by atoms with van der Waals surface area (Å²) in [6.07, 6.45) is 0. The van der Waals surface area contributed by atoms with Crippen LogP contribution in [-0.4, -0.2) is 19.9 Å². The highest BCUT2D eigenvalue weighted by Crippen LogP contribution is 2.28. The number of aryl methyl sites for hydroxylation is 1. The first kappa shape index (κ1) is 20.4. The van der Waals surface area contributed by atoms with E-state index in [4.69, 9.17) is 16.0 Å². The van der Waals surface area contributed by atoms with Crippen molar-refractivity contribution in [1.29, 1.82) is 0 Å². The number of carbonyl (C=O) groups is 1. The maximum Gasteiger partial charge on any atom is 0.291 e. The Bertz CT molecular complexity index is 1160. The van der Waals surface area contributed by atoms with Gasteiger partial charge in [-0.05, 0) is 64.1 Å². The Labute approximate surface area is 168 Å². The topological polar surface area (TPSA) is 88.4 Å². The van der Waals surface area contributed by atoms with Crippen molar-refractivity contribution in [2.45, 2.75) is 38.1 Å². The van der Waals surface area contributed by atoms with Gasteiger partial charge >= 0.3 is 0 Å². The fourth-order valence-corrected chi connectivity index (χ4v) is 4.44. The molecule has 0 fully saturated rings. The summed E-state index contributed by atoms with van der Waals surface area (Å²) in [7, 11) is -3.71. The van der Waals surface area contributed by atoms with Gasteiger partial charge < -0.3 is 9.73 Å². The molecule has 6 nitrogen and oxygen atoms in total. The normalized spacial score (nSPS) is 12.3. The number of carbonyl (C=O) groups excluding carboxylic acids is 1. The lowest BCUT2D eigenvalue weighted by Gasteiger charge is -2.20. The highest BCUT2D eigenvalue weighted by Gasteiger charge is 2.23. The van der Waals surface area contributed by atoms with Gasteiger partial charge in [-0.15, -0.1) is 0 Å². The molecule has 0 aliphatic heterocycles. The van der Waals surface area contributed by atoms with E-state index in [2.05, 4.69) is 10.0 Å². The lowest BCUT2D eigenvalue weighted by atomic mass is 10.1. The van der Waals surface area contributed by atoms with Crippen LogP contribution in [0.4, 0.5) is 5.69 Å². The number of sulfonamides is 1. The molecule has 0 aliphatic rings. The quantitative estimate of drug-likeness (QED) is 0.638. The number of nitrogens with one attached hydrogen (secondary N) is 2. The van der Waals surface area contributed by atoms with E-state index in [0.29, 0.717) is 21.9 Å². The van der Waals surface area contributed by atoms with E-state index in [0.717, 1.165) is 5.39 Å². The number of benzene rings is 2. The van der Waals surface area contributed by atoms with Crippen molar-refractivity contribution < 1.29 is 17.6 Å². The molecule has 3 rings (SSSR count). The van der Waals surface area contributed by atoms with Gasteiger partial charge in [0.15, 0.2) is 5.76 Å². The Kier molecular flexibility index (Phi) is 5.27. The number of hydrogen-bond acceptors (Lipinski definition) is 4. The summed E-state index contributed by atoms with van der Waals surface area (Å²) in [5.41, 5.74) is 0.940. The highest BCUT2D eigenvalue weighted by atomic mass is 35.5. The number of rotatable bonds is 4. The van der Waals surface area contributed by atoms with Crippen molar-refractivity contribution in [2.75, 3.05) is 5.32 Å². The molecule has 8 heteroatoms. The van der Waals surface area contributed by atoms with Crippen LogP contribution in [0.2, 0.25) is 5.02 Å². The Hall–Kier alpha value is -2.35. The minimum absolute atomic E-state index is 0.0633. The maximum atomic E-state index is 12.7. The molecule has 0 saturated heterocycles. The van der Waals surface area contributed by atoms with Gasteiger partial charge in [0, 0.05) is 27.2 Å². The molecule has 1 heterocycles. The van der Waals surface area contributed by atoms with E-state index in [-0.39, 0.29) is 10.7 Å². The Morgan fingerprint density at radius 3 is 2.50 bits per heavy atom. The van der Waals surface area contributed by atoms with E-state index < -0.39 is 21.5 Å². The van der Waals surface area contributed by atoms with Crippen LogP contribution in [0, 0.1) is 6.92 Å². The van der Waals surface area contributed by atoms with E-state index in [1.807, 2.05) is 0 Å². The van der Waals surface area contributed by atoms with Crippen molar-refractivity contribution in [3.05, 3.63) is 58.8 Å². The standard InChI is InChI=1S/C20H21ClN2O4S/c1-12-16-10-13(21)8-9-17(16)27-18(12)19(24)22-14-6-5-7-15(11-14)28(25,26)23-20(2,3)4/h5-11,23H,1-4H3,(H,22,24). The summed E-state index contributed by atoms with van der Waals surface area (Å²) in [6, 6.07) is 11.2. The summed E-state index contributed by atoms with van der Waals surface area (Å²) in [5.74, 6) is -0.318. The molecule has 2 N–H and O–H groups in total. The molecule has 1 amide bonds. The molecule has 0 radical (unpaired) electrons. The molecule has 0 atom stereocenters. The van der Waals surface area contributed by atoms with Crippen LogP contribution in [0.5, 0.6) is 0 Å². The van der Waals surface area contributed by atoms with Crippen molar-refractivity contribution >= 4 is 44.2 Å². The number of halogens is 1. The molecule has 0 spiro atoms. The molecule has 1 aromatic heterocycles. The van der Waals surface area contributed by atoms with Crippen LogP contribution in [0.25, 0.3) is 11.0 Å². The fraction of sp³-hybridized carbons (Fsp3) is 0.250. The second-order valence-electron chi connectivity index (χ2n) is 7.53. The molecule has 28 heavy (non-hydrogen) atoms. The second-order valence-corrected chi connectivity index (χ2v) is 9.65. The SMILES string of the molecule is Cc1c(C(=O)Nc2cccc(S(=O)(=O)NC(C)(C)C)c2)oc2ccc(Cl)cc12. The average molecular weight is 421 g/mol. The number of hydrogen-bond donors (Lipinski definition) is 2. The highest BCUT2D eigenvalue weighted by molar-refractivity contribution is 7.89. The number of anilines is 1. The zero-order valence-corrected chi connectivity index (χ0v) is 17.5. The van der Waals surface area contributed by atoms with Gasteiger partial charge in [0.05, 0.1) is 4.90 Å². The largest absolute Gasteiger partial charge is 0.451 e. The van der Waals surface area contributed by atoms with Gasteiger partial charge in [0.25, 0.3) is 5.91 Å². The number of fused-ring (bicyclic) bond motifs is 1. The summed E-state index contributed by atoms with van der Waals surface area (Å²) >= 11 is 6.01. The Morgan fingerprint density at radius 1 is 1.11 bits per heavy atom. The van der Waals surface area contributed by atoms with Crippen molar-refractivity contribution in [3.63, 3.8) is 0 Å². The molecule has 0 saturated carbocycles. The van der Waals surface area contributed by atoms with Gasteiger partial charge in [-0.1, -0.05) is 17.7 Å². The predicted molar refractivity (Wildman–Crippen MR) is 110 cm³/mol. The molecular weight excluding hydrogens is 400 g/mol. The monoisotopic (exact) mass is 420 g/mol. The maximum absolute atomic E-state index is 12.7. The van der Waals surface area contributed by atoms with Gasteiger partial charge in [0.2, 0.25) is 10.0 Å². The Balaban J connectivity index is 1.89. The lowest BCUT2D eigenvalue weighted by molar-refractivity contribution is 0.0998. The first-order valence-electron chi connectivity index (χ1n) is 8.60. The van der Waals surface area contributed by atoms with Gasteiger partial charge in [-0.25, -0.2) is 13.1 Å². The van der Waals surface area contributed by atoms with E-state index in [1.54, 1.807) is 58.0 Å². The summed E-state index contributed by atoms with van der Waals surface area (Å²) in [5, 5.41) is 3.99. The molecule has 3 aromatic rings. The third-order valence-corrected chi connectivity index (χ3v) is 5.94. The molecule has 0 unspecified atom stereocenters. The Morgan fingerprint density at radius 2 is 1.82 bits per heavy atom. The van der Waals surface area contributed by atoms with Gasteiger partial charge in [-0.2, -0.15) is 0 Å². The zero-order valence-electron chi connectivity index (χ0n) is 16.0. The summed E-state index contributed by atoms with van der Waals surface area (Å²) < 4.78 is 33.2. The van der Waals surface area contributed by atoms with Gasteiger partial charge in [-0.3, -0.25) is 4.79 Å². The van der Waals surface area contributed by atoms with Crippen molar-refractivity contribution in [1.82, 2.24) is 4.72 Å². The molecule has 0 bridgehead atoms. The molecular formula is C20H21ClN2O4S. The summed E-state index contributed by atoms with van der Waals surface area (Å²) in [4.78, 5) is 12.7. The molecule has 0 aliphatic carbocycles. The zero-order chi connectivity index (χ0) is 20.7. The van der Waals surface area contributed by atoms with Crippen LogP contribution < -0.4 is 10.0 Å².